The van der Waals surface area contributed by atoms with Gasteiger partial charge in [-0.2, -0.15) is 0 Å². The molecule has 0 atom stereocenters. The summed E-state index contributed by atoms with van der Waals surface area (Å²) in [5, 5.41) is 2.13. The summed E-state index contributed by atoms with van der Waals surface area (Å²) in [5.74, 6) is 0. The number of rotatable bonds is 5. The highest BCUT2D eigenvalue weighted by atomic mass is 35.5. The predicted molar refractivity (Wildman–Crippen MR) is 75.5 cm³/mol. The van der Waals surface area contributed by atoms with Gasteiger partial charge in [0.2, 0.25) is 10.0 Å². The second-order valence-corrected chi connectivity index (χ2v) is 6.65. The smallest absolute Gasteiger partial charge is 0.240 e. The number of benzene rings is 1. The van der Waals surface area contributed by atoms with Crippen LogP contribution in [0.2, 0.25) is 5.02 Å². The van der Waals surface area contributed by atoms with Crippen molar-refractivity contribution in [1.29, 1.82) is 0 Å². The van der Waals surface area contributed by atoms with Gasteiger partial charge < -0.3 is 5.73 Å². The molecule has 2 rings (SSSR count). The van der Waals surface area contributed by atoms with E-state index in [9.17, 15) is 8.42 Å². The van der Waals surface area contributed by atoms with Gasteiger partial charge in [0, 0.05) is 16.9 Å². The summed E-state index contributed by atoms with van der Waals surface area (Å²) < 4.78 is 26.6. The van der Waals surface area contributed by atoms with E-state index in [0.717, 1.165) is 0 Å². The summed E-state index contributed by atoms with van der Waals surface area (Å²) in [6.07, 6.45) is 0. The second kappa shape index (κ2) is 5.98. The molecule has 0 aliphatic heterocycles. The zero-order valence-corrected chi connectivity index (χ0v) is 12.2. The average molecular weight is 318 g/mol. The van der Waals surface area contributed by atoms with Crippen molar-refractivity contribution in [1.82, 2.24) is 9.71 Å². The van der Waals surface area contributed by atoms with Crippen LogP contribution in [0.15, 0.2) is 34.0 Å². The Morgan fingerprint density at radius 1 is 1.42 bits per heavy atom. The van der Waals surface area contributed by atoms with Gasteiger partial charge in [0.15, 0.2) is 0 Å². The molecule has 0 unspecified atom stereocenters. The molecule has 2 aromatic rings. The molecule has 0 aliphatic carbocycles. The van der Waals surface area contributed by atoms with Gasteiger partial charge >= 0.3 is 0 Å². The average Bonchev–Trinajstić information content (AvgIpc) is 2.89. The number of hydrogen-bond donors (Lipinski definition) is 2. The molecule has 1 aromatic carbocycles. The van der Waals surface area contributed by atoms with E-state index in [2.05, 4.69) is 9.71 Å². The largest absolute Gasteiger partial charge is 0.326 e. The lowest BCUT2D eigenvalue weighted by atomic mass is 10.2. The molecular weight excluding hydrogens is 306 g/mol. The Morgan fingerprint density at radius 3 is 2.79 bits per heavy atom. The Hall–Kier alpha value is -0.990. The third-order valence-corrected chi connectivity index (χ3v) is 4.87. The fourth-order valence-electron chi connectivity index (χ4n) is 1.44. The molecule has 102 valence electrons. The molecule has 0 amide bonds. The van der Waals surface area contributed by atoms with Gasteiger partial charge in [-0.3, -0.25) is 0 Å². The standard InChI is InChI=1S/C11H12ClN3O2S2/c12-11-3-10(2-1-8(11)4-13)19(16,17)15-5-9-6-18-7-14-9/h1-3,6-7,15H,4-5,13H2. The zero-order chi connectivity index (χ0) is 13.9. The summed E-state index contributed by atoms with van der Waals surface area (Å²) in [5.41, 5.74) is 8.51. The highest BCUT2D eigenvalue weighted by Crippen LogP contribution is 2.20. The van der Waals surface area contributed by atoms with E-state index in [0.29, 0.717) is 16.3 Å². The van der Waals surface area contributed by atoms with E-state index >= 15 is 0 Å². The monoisotopic (exact) mass is 317 g/mol. The van der Waals surface area contributed by atoms with Crippen LogP contribution in [0.3, 0.4) is 0 Å². The van der Waals surface area contributed by atoms with Crippen LogP contribution in [0, 0.1) is 0 Å². The first kappa shape index (κ1) is 14.4. The first-order valence-corrected chi connectivity index (χ1v) is 8.18. The third-order valence-electron chi connectivity index (χ3n) is 2.48. The van der Waals surface area contributed by atoms with Crippen molar-refractivity contribution in [3.63, 3.8) is 0 Å². The molecule has 19 heavy (non-hydrogen) atoms. The first-order chi connectivity index (χ1) is 9.03. The number of halogens is 1. The highest BCUT2D eigenvalue weighted by Gasteiger charge is 2.15. The van der Waals surface area contributed by atoms with Gasteiger partial charge in [0.05, 0.1) is 22.6 Å². The van der Waals surface area contributed by atoms with Gasteiger partial charge in [-0.25, -0.2) is 18.1 Å². The lowest BCUT2D eigenvalue weighted by Crippen LogP contribution is -2.23. The maximum absolute atomic E-state index is 12.1. The number of thiazole rings is 1. The van der Waals surface area contributed by atoms with Crippen molar-refractivity contribution in [2.45, 2.75) is 18.0 Å². The molecular formula is C11H12ClN3O2S2. The Balaban J connectivity index is 2.17. The molecule has 0 saturated carbocycles. The number of nitrogens with zero attached hydrogens (tertiary/aromatic N) is 1. The van der Waals surface area contributed by atoms with E-state index in [1.54, 1.807) is 17.0 Å². The van der Waals surface area contributed by atoms with Gasteiger partial charge in [0.25, 0.3) is 0 Å². The molecule has 5 nitrogen and oxygen atoms in total. The van der Waals surface area contributed by atoms with E-state index in [4.69, 9.17) is 17.3 Å². The minimum atomic E-state index is -3.59. The third kappa shape index (κ3) is 3.52. The van der Waals surface area contributed by atoms with Crippen LogP contribution in [0.5, 0.6) is 0 Å². The van der Waals surface area contributed by atoms with Crippen molar-refractivity contribution >= 4 is 33.0 Å². The number of sulfonamides is 1. The minimum Gasteiger partial charge on any atom is -0.326 e. The van der Waals surface area contributed by atoms with E-state index in [1.807, 2.05) is 0 Å². The topological polar surface area (TPSA) is 85.1 Å². The predicted octanol–water partition coefficient (Wildman–Crippen LogP) is 1.73. The fraction of sp³-hybridized carbons (Fsp3) is 0.182. The number of nitrogens with one attached hydrogen (secondary N) is 1. The van der Waals surface area contributed by atoms with Crippen molar-refractivity contribution in [3.8, 4) is 0 Å². The maximum Gasteiger partial charge on any atom is 0.240 e. The summed E-state index contributed by atoms with van der Waals surface area (Å²) >= 11 is 7.36. The molecule has 1 heterocycles. The number of hydrogen-bond acceptors (Lipinski definition) is 5. The van der Waals surface area contributed by atoms with Gasteiger partial charge in [-0.1, -0.05) is 17.7 Å². The first-order valence-electron chi connectivity index (χ1n) is 5.38. The van der Waals surface area contributed by atoms with Gasteiger partial charge in [-0.15, -0.1) is 11.3 Å². The molecule has 3 N–H and O–H groups in total. The quantitative estimate of drug-likeness (QED) is 0.879. The number of aromatic nitrogens is 1. The lowest BCUT2D eigenvalue weighted by Gasteiger charge is -2.07. The van der Waals surface area contributed by atoms with Crippen LogP contribution >= 0.6 is 22.9 Å². The molecule has 0 aliphatic rings. The lowest BCUT2D eigenvalue weighted by molar-refractivity contribution is 0.580. The van der Waals surface area contributed by atoms with Crippen LogP contribution in [-0.2, 0) is 23.1 Å². The van der Waals surface area contributed by atoms with Crippen LogP contribution in [0.4, 0.5) is 0 Å². The van der Waals surface area contributed by atoms with Crippen molar-refractivity contribution in [3.05, 3.63) is 45.4 Å². The van der Waals surface area contributed by atoms with Crippen molar-refractivity contribution in [2.24, 2.45) is 5.73 Å². The summed E-state index contributed by atoms with van der Waals surface area (Å²) in [6, 6.07) is 4.49. The molecule has 0 radical (unpaired) electrons. The molecule has 0 fully saturated rings. The van der Waals surface area contributed by atoms with E-state index < -0.39 is 10.0 Å². The molecule has 0 saturated heterocycles. The van der Waals surface area contributed by atoms with Gasteiger partial charge in [-0.05, 0) is 17.7 Å². The van der Waals surface area contributed by atoms with Crippen LogP contribution in [0.1, 0.15) is 11.3 Å². The Kier molecular flexibility index (Phi) is 4.54. The van der Waals surface area contributed by atoms with Crippen molar-refractivity contribution < 1.29 is 8.42 Å². The SMILES string of the molecule is NCc1ccc(S(=O)(=O)NCc2cscn2)cc1Cl. The van der Waals surface area contributed by atoms with Crippen LogP contribution < -0.4 is 10.5 Å². The fourth-order valence-corrected chi connectivity index (χ4v) is 3.34. The van der Waals surface area contributed by atoms with Crippen LogP contribution in [0.25, 0.3) is 0 Å². The Bertz CT molecular complexity index is 657. The molecule has 1 aromatic heterocycles. The highest BCUT2D eigenvalue weighted by molar-refractivity contribution is 7.89. The van der Waals surface area contributed by atoms with Crippen molar-refractivity contribution in [2.75, 3.05) is 0 Å². The molecule has 0 spiro atoms. The Labute approximate surface area is 120 Å². The van der Waals surface area contributed by atoms with E-state index in [-0.39, 0.29) is 18.0 Å². The summed E-state index contributed by atoms with van der Waals surface area (Å²) in [4.78, 5) is 4.12. The minimum absolute atomic E-state index is 0.116. The Morgan fingerprint density at radius 2 is 2.21 bits per heavy atom. The van der Waals surface area contributed by atoms with Gasteiger partial charge in [0.1, 0.15) is 0 Å². The van der Waals surface area contributed by atoms with Crippen LogP contribution in [-0.4, -0.2) is 13.4 Å². The van der Waals surface area contributed by atoms with E-state index in [1.165, 1.54) is 23.5 Å². The second-order valence-electron chi connectivity index (χ2n) is 3.76. The summed E-state index contributed by atoms with van der Waals surface area (Å²) in [6.45, 7) is 0.424. The maximum atomic E-state index is 12.1. The zero-order valence-electron chi connectivity index (χ0n) is 9.84. The number of nitrogens with two attached hydrogens (primary N) is 1. The molecule has 0 bridgehead atoms. The molecule has 8 heteroatoms. The normalized spacial score (nSPS) is 11.7. The summed E-state index contributed by atoms with van der Waals surface area (Å²) in [7, 11) is -3.59.